The summed E-state index contributed by atoms with van der Waals surface area (Å²) in [7, 11) is 7.38. The molecule has 0 aromatic heterocycles. The molecule has 1 aliphatic heterocycles. The third kappa shape index (κ3) is 13.8. The normalized spacial score (nSPS) is 13.6. The van der Waals surface area contributed by atoms with E-state index in [2.05, 4.69) is 9.80 Å². The number of methoxy groups -OCH3 is 5. The molecule has 0 spiro atoms. The lowest BCUT2D eigenvalue weighted by Gasteiger charge is -2.25. The molecule has 13 nitrogen and oxygen atoms in total. The average Bonchev–Trinajstić information content (AvgIpc) is 3.39. The van der Waals surface area contributed by atoms with Crippen molar-refractivity contribution in [2.75, 3.05) is 88.0 Å². The van der Waals surface area contributed by atoms with E-state index in [1.54, 1.807) is 12.1 Å². The molecule has 1 heterocycles. The summed E-state index contributed by atoms with van der Waals surface area (Å²) >= 11 is 0. The SMILES string of the molecule is CC.CC.COc1cc(C(=O)OC(CCCOc2cc(C(=O)O)cc(OC)c2OC)CCN2CCCN(CCCN)CC2)cc(OC)c1OC. The number of aromatic carboxylic acids is 1. The van der Waals surface area contributed by atoms with E-state index in [0.717, 1.165) is 52.1 Å². The summed E-state index contributed by atoms with van der Waals surface area (Å²) in [5.41, 5.74) is 6.01. The smallest absolute Gasteiger partial charge is 0.338 e. The van der Waals surface area contributed by atoms with Gasteiger partial charge in [0.2, 0.25) is 11.5 Å². The maximum atomic E-state index is 13.4. The largest absolute Gasteiger partial charge is 0.493 e. The minimum absolute atomic E-state index is 0.0175. The Morgan fingerprint density at radius 1 is 0.700 bits per heavy atom. The van der Waals surface area contributed by atoms with Gasteiger partial charge in [0.1, 0.15) is 6.10 Å². The molecule has 13 heteroatoms. The van der Waals surface area contributed by atoms with E-state index in [1.165, 1.54) is 47.7 Å². The number of carboxylic acids is 1. The van der Waals surface area contributed by atoms with Crippen LogP contribution in [0.5, 0.6) is 34.5 Å². The zero-order chi connectivity index (χ0) is 37.5. The number of esters is 1. The average molecular weight is 708 g/mol. The molecule has 0 aliphatic carbocycles. The lowest BCUT2D eigenvalue weighted by molar-refractivity contribution is 0.0221. The first-order valence-electron chi connectivity index (χ1n) is 17.6. The van der Waals surface area contributed by atoms with E-state index in [-0.39, 0.29) is 29.2 Å². The van der Waals surface area contributed by atoms with Gasteiger partial charge in [0, 0.05) is 19.6 Å². The number of ether oxygens (including phenoxy) is 7. The summed E-state index contributed by atoms with van der Waals surface area (Å²) in [5, 5.41) is 9.51. The van der Waals surface area contributed by atoms with Gasteiger partial charge in [-0.05, 0) is 82.5 Å². The van der Waals surface area contributed by atoms with Gasteiger partial charge in [0.25, 0.3) is 0 Å². The summed E-state index contributed by atoms with van der Waals surface area (Å²) in [6.45, 7) is 14.6. The number of carboxylic acid groups (broad SMARTS) is 1. The highest BCUT2D eigenvalue weighted by molar-refractivity contribution is 5.91. The molecule has 0 amide bonds. The lowest BCUT2D eigenvalue weighted by atomic mass is 10.1. The minimum atomic E-state index is -1.11. The second-order valence-corrected chi connectivity index (χ2v) is 10.9. The fourth-order valence-electron chi connectivity index (χ4n) is 5.45. The van der Waals surface area contributed by atoms with Gasteiger partial charge in [0.05, 0.1) is 53.3 Å². The van der Waals surface area contributed by atoms with Crippen LogP contribution in [-0.4, -0.2) is 121 Å². The molecule has 3 N–H and O–H groups in total. The molecule has 50 heavy (non-hydrogen) atoms. The molecule has 1 fully saturated rings. The third-order valence-corrected chi connectivity index (χ3v) is 7.92. The number of nitrogens with two attached hydrogens (primary N) is 1. The molecular weight excluding hydrogens is 646 g/mol. The predicted molar refractivity (Wildman–Crippen MR) is 195 cm³/mol. The topological polar surface area (TPSA) is 151 Å². The van der Waals surface area contributed by atoms with Crippen molar-refractivity contribution in [1.82, 2.24) is 9.80 Å². The van der Waals surface area contributed by atoms with Gasteiger partial charge in [-0.15, -0.1) is 0 Å². The number of nitrogens with zero attached hydrogens (tertiary/aromatic N) is 2. The fraction of sp³-hybridized carbons (Fsp3) is 0.622. The van der Waals surface area contributed by atoms with Gasteiger partial charge in [-0.25, -0.2) is 9.59 Å². The summed E-state index contributed by atoms with van der Waals surface area (Å²) in [4.78, 5) is 29.9. The molecule has 0 saturated carbocycles. The minimum Gasteiger partial charge on any atom is -0.493 e. The Morgan fingerprint density at radius 2 is 1.20 bits per heavy atom. The number of hydrogen-bond acceptors (Lipinski definition) is 12. The second-order valence-electron chi connectivity index (χ2n) is 10.9. The van der Waals surface area contributed by atoms with Crippen LogP contribution in [-0.2, 0) is 4.74 Å². The number of carbonyl (C=O) groups is 2. The predicted octanol–water partition coefficient (Wildman–Crippen LogP) is 5.61. The molecule has 2 aromatic rings. The number of benzene rings is 2. The number of carbonyl (C=O) groups excluding carboxylic acids is 1. The standard InChI is InChI=1S/C33H49N3O10.2C2H6/c1-40-26-19-23(32(37)38)20-29(31(26)44-5)45-18-6-9-25(10-15-36-14-8-13-35(16-17-36)12-7-11-34)46-33(39)24-21-27(41-2)30(43-4)28(22-24)42-3;2*1-2/h19-22,25H,6-18,34H2,1-5H3,(H,37,38);2*1-2H3. The quantitative estimate of drug-likeness (QED) is 0.138. The maximum Gasteiger partial charge on any atom is 0.338 e. The van der Waals surface area contributed by atoms with Crippen LogP contribution in [0.1, 0.15) is 80.5 Å². The Morgan fingerprint density at radius 3 is 1.70 bits per heavy atom. The Kier molecular flexibility index (Phi) is 22.1. The molecule has 1 unspecified atom stereocenters. The van der Waals surface area contributed by atoms with Crippen LogP contribution >= 0.6 is 0 Å². The van der Waals surface area contributed by atoms with Crippen LogP contribution in [0.15, 0.2) is 24.3 Å². The molecule has 1 saturated heterocycles. The van der Waals surface area contributed by atoms with Crippen molar-refractivity contribution < 1.29 is 47.9 Å². The van der Waals surface area contributed by atoms with Gasteiger partial charge in [-0.1, -0.05) is 27.7 Å². The molecule has 284 valence electrons. The number of hydrogen-bond donors (Lipinski definition) is 2. The van der Waals surface area contributed by atoms with Crippen molar-refractivity contribution in [2.45, 2.75) is 65.9 Å². The molecule has 3 rings (SSSR count). The van der Waals surface area contributed by atoms with Crippen molar-refractivity contribution in [3.63, 3.8) is 0 Å². The lowest BCUT2D eigenvalue weighted by Crippen LogP contribution is -2.34. The molecule has 1 atom stereocenters. The third-order valence-electron chi connectivity index (χ3n) is 7.92. The van der Waals surface area contributed by atoms with Gasteiger partial charge in [-0.2, -0.15) is 0 Å². The zero-order valence-corrected chi connectivity index (χ0v) is 31.7. The second kappa shape index (κ2) is 25.1. The van der Waals surface area contributed by atoms with E-state index >= 15 is 0 Å². The molecular formula is C37H61N3O10. The molecule has 2 aromatic carbocycles. The maximum absolute atomic E-state index is 13.4. The van der Waals surface area contributed by atoms with E-state index in [9.17, 15) is 14.7 Å². The Labute approximate surface area is 298 Å². The first-order chi connectivity index (χ1) is 24.3. The highest BCUT2D eigenvalue weighted by atomic mass is 16.6. The summed E-state index contributed by atoms with van der Waals surface area (Å²) < 4.78 is 39.0. The van der Waals surface area contributed by atoms with Gasteiger partial charge >= 0.3 is 11.9 Å². The Hall–Kier alpha value is -3.94. The van der Waals surface area contributed by atoms with Crippen LogP contribution in [0.25, 0.3) is 0 Å². The van der Waals surface area contributed by atoms with Crippen LogP contribution in [0.3, 0.4) is 0 Å². The van der Waals surface area contributed by atoms with Crippen LogP contribution in [0.2, 0.25) is 0 Å². The van der Waals surface area contributed by atoms with Crippen molar-refractivity contribution >= 4 is 11.9 Å². The van der Waals surface area contributed by atoms with Crippen LogP contribution in [0.4, 0.5) is 0 Å². The summed E-state index contributed by atoms with van der Waals surface area (Å²) in [6.07, 6.45) is 3.32. The first kappa shape index (κ1) is 44.1. The van der Waals surface area contributed by atoms with Gasteiger partial charge in [-0.3, -0.25) is 0 Å². The number of rotatable bonds is 19. The molecule has 1 aliphatic rings. The van der Waals surface area contributed by atoms with E-state index in [0.29, 0.717) is 48.8 Å². The van der Waals surface area contributed by atoms with E-state index < -0.39 is 18.0 Å². The monoisotopic (exact) mass is 707 g/mol. The van der Waals surface area contributed by atoms with Crippen molar-refractivity contribution in [2.24, 2.45) is 5.73 Å². The Balaban J connectivity index is 0.00000301. The van der Waals surface area contributed by atoms with E-state index in [4.69, 9.17) is 38.9 Å². The van der Waals surface area contributed by atoms with Gasteiger partial charge < -0.3 is 53.8 Å². The zero-order valence-electron chi connectivity index (χ0n) is 31.7. The van der Waals surface area contributed by atoms with E-state index in [1.807, 2.05) is 27.7 Å². The van der Waals surface area contributed by atoms with Crippen LogP contribution in [0, 0.1) is 0 Å². The fourth-order valence-corrected chi connectivity index (χ4v) is 5.45. The molecule has 0 bridgehead atoms. The van der Waals surface area contributed by atoms with Crippen molar-refractivity contribution in [1.29, 1.82) is 0 Å². The van der Waals surface area contributed by atoms with Gasteiger partial charge in [0.15, 0.2) is 23.0 Å². The van der Waals surface area contributed by atoms with Crippen molar-refractivity contribution in [3.05, 3.63) is 35.4 Å². The first-order valence-corrected chi connectivity index (χ1v) is 17.6. The Bertz CT molecular complexity index is 1250. The highest BCUT2D eigenvalue weighted by Crippen LogP contribution is 2.39. The summed E-state index contributed by atoms with van der Waals surface area (Å²) in [6, 6.07) is 5.93. The van der Waals surface area contributed by atoms with Crippen molar-refractivity contribution in [3.8, 4) is 34.5 Å². The highest BCUT2D eigenvalue weighted by Gasteiger charge is 2.23. The summed E-state index contributed by atoms with van der Waals surface area (Å²) in [5.74, 6) is 0.305. The molecule has 0 radical (unpaired) electrons. The van der Waals surface area contributed by atoms with Crippen LogP contribution < -0.4 is 34.2 Å².